The summed E-state index contributed by atoms with van der Waals surface area (Å²) in [5.41, 5.74) is -1.05. The van der Waals surface area contributed by atoms with Gasteiger partial charge in [-0.25, -0.2) is 0 Å². The van der Waals surface area contributed by atoms with Crippen LogP contribution in [0, 0.1) is 15.5 Å². The first-order valence-electron chi connectivity index (χ1n) is 6.14. The first-order valence-corrected chi connectivity index (χ1v) is 6.88. The summed E-state index contributed by atoms with van der Waals surface area (Å²) in [6, 6.07) is 2.49. The molecule has 9 nitrogen and oxygen atoms in total. The summed E-state index contributed by atoms with van der Waals surface area (Å²) < 4.78 is 7.72. The minimum Gasteiger partial charge on any atom is -0.481 e. The van der Waals surface area contributed by atoms with Crippen molar-refractivity contribution in [3.05, 3.63) is 27.8 Å². The Morgan fingerprint density at radius 3 is 2.68 bits per heavy atom. The molecule has 0 bridgehead atoms. The number of nitrogens with one attached hydrogen (secondary N) is 1. The van der Waals surface area contributed by atoms with Crippen molar-refractivity contribution in [3.8, 4) is 0 Å². The van der Waals surface area contributed by atoms with Crippen LogP contribution in [0.1, 0.15) is 24.2 Å². The number of rotatable bonds is 5. The van der Waals surface area contributed by atoms with Gasteiger partial charge in [-0.2, -0.15) is 8.75 Å². The Balaban J connectivity index is 2.29. The quantitative estimate of drug-likeness (QED) is 0.627. The van der Waals surface area contributed by atoms with E-state index in [0.29, 0.717) is 0 Å². The number of non-ortho nitro benzene ring substituents is 1. The molecule has 1 aromatic heterocycles. The first-order chi connectivity index (χ1) is 10.2. The van der Waals surface area contributed by atoms with Gasteiger partial charge < -0.3 is 10.4 Å². The van der Waals surface area contributed by atoms with Crippen molar-refractivity contribution in [1.29, 1.82) is 0 Å². The van der Waals surface area contributed by atoms with Crippen molar-refractivity contribution in [2.24, 2.45) is 5.41 Å². The standard InChI is InChI=1S/C12H12N4O5S/c1-12(2,11(18)19)5-13-10(17)6-3-7-9(15-22-14-7)8(4-6)16(20)21/h3-4H,5H2,1-2H3,(H,13,17)(H,18,19). The fourth-order valence-corrected chi connectivity index (χ4v) is 2.16. The molecule has 10 heteroatoms. The van der Waals surface area contributed by atoms with Gasteiger partial charge in [-0.3, -0.25) is 19.7 Å². The number of nitro benzene ring substituents is 1. The summed E-state index contributed by atoms with van der Waals surface area (Å²) in [6.45, 7) is 2.82. The van der Waals surface area contributed by atoms with Crippen LogP contribution in [0.15, 0.2) is 12.1 Å². The third-order valence-electron chi connectivity index (χ3n) is 3.07. The molecule has 2 N–H and O–H groups in total. The van der Waals surface area contributed by atoms with Crippen LogP contribution in [0.2, 0.25) is 0 Å². The lowest BCUT2D eigenvalue weighted by molar-refractivity contribution is -0.383. The van der Waals surface area contributed by atoms with E-state index in [4.69, 9.17) is 5.11 Å². The second kappa shape index (κ2) is 5.64. The Bertz CT molecular complexity index is 770. The van der Waals surface area contributed by atoms with E-state index in [0.717, 1.165) is 17.8 Å². The number of aromatic nitrogens is 2. The molecule has 22 heavy (non-hydrogen) atoms. The van der Waals surface area contributed by atoms with Crippen LogP contribution in [0.25, 0.3) is 11.0 Å². The number of fused-ring (bicyclic) bond motifs is 1. The number of amides is 1. The summed E-state index contributed by atoms with van der Waals surface area (Å²) in [5, 5.41) is 22.5. The minimum absolute atomic E-state index is 0.0353. The number of hydrogen-bond acceptors (Lipinski definition) is 7. The van der Waals surface area contributed by atoms with E-state index in [1.165, 1.54) is 19.9 Å². The molecule has 116 valence electrons. The largest absolute Gasteiger partial charge is 0.481 e. The van der Waals surface area contributed by atoms with Crippen molar-refractivity contribution >= 4 is 40.3 Å². The molecule has 1 heterocycles. The molecule has 0 saturated heterocycles. The van der Waals surface area contributed by atoms with Crippen molar-refractivity contribution < 1.29 is 19.6 Å². The second-order valence-electron chi connectivity index (χ2n) is 5.26. The zero-order valence-electron chi connectivity index (χ0n) is 11.7. The molecule has 0 fully saturated rings. The zero-order valence-corrected chi connectivity index (χ0v) is 12.5. The van der Waals surface area contributed by atoms with Gasteiger partial charge in [0.25, 0.3) is 11.6 Å². The monoisotopic (exact) mass is 324 g/mol. The Hall–Kier alpha value is -2.62. The van der Waals surface area contributed by atoms with Gasteiger partial charge in [-0.15, -0.1) is 0 Å². The van der Waals surface area contributed by atoms with Crippen LogP contribution in [0.5, 0.6) is 0 Å². The number of carbonyl (C=O) groups excluding carboxylic acids is 1. The molecular formula is C12H12N4O5S. The minimum atomic E-state index is -1.14. The van der Waals surface area contributed by atoms with E-state index >= 15 is 0 Å². The van der Waals surface area contributed by atoms with Crippen molar-refractivity contribution in [1.82, 2.24) is 14.1 Å². The number of nitrogens with zero attached hydrogens (tertiary/aromatic N) is 3. The number of carbonyl (C=O) groups is 2. The van der Waals surface area contributed by atoms with E-state index in [1.54, 1.807) is 0 Å². The number of hydrogen-bond donors (Lipinski definition) is 2. The van der Waals surface area contributed by atoms with Crippen LogP contribution in [-0.2, 0) is 4.79 Å². The third-order valence-corrected chi connectivity index (χ3v) is 3.61. The average molecular weight is 324 g/mol. The molecule has 2 aromatic rings. The Morgan fingerprint density at radius 2 is 2.09 bits per heavy atom. The molecule has 0 spiro atoms. The summed E-state index contributed by atoms with van der Waals surface area (Å²) in [4.78, 5) is 33.5. The highest BCUT2D eigenvalue weighted by Gasteiger charge is 2.28. The predicted octanol–water partition coefficient (Wildman–Crippen LogP) is 1.44. The maximum absolute atomic E-state index is 12.1. The lowest BCUT2D eigenvalue weighted by atomic mass is 9.94. The Kier molecular flexibility index (Phi) is 4.04. The van der Waals surface area contributed by atoms with Crippen LogP contribution in [0.3, 0.4) is 0 Å². The lowest BCUT2D eigenvalue weighted by Crippen LogP contribution is -2.38. The van der Waals surface area contributed by atoms with E-state index in [-0.39, 0.29) is 28.8 Å². The van der Waals surface area contributed by atoms with Crippen molar-refractivity contribution in [2.45, 2.75) is 13.8 Å². The maximum atomic E-state index is 12.1. The maximum Gasteiger partial charge on any atom is 0.310 e. The molecule has 2 rings (SSSR count). The number of nitro groups is 1. The molecule has 0 atom stereocenters. The Morgan fingerprint density at radius 1 is 1.41 bits per heavy atom. The van der Waals surface area contributed by atoms with Gasteiger partial charge in [0.15, 0.2) is 5.52 Å². The highest BCUT2D eigenvalue weighted by atomic mass is 32.1. The molecule has 1 amide bonds. The number of carboxylic acids is 1. The zero-order chi connectivity index (χ0) is 16.5. The van der Waals surface area contributed by atoms with Gasteiger partial charge in [0.2, 0.25) is 0 Å². The number of benzene rings is 1. The fraction of sp³-hybridized carbons (Fsp3) is 0.333. The summed E-state index contributed by atoms with van der Waals surface area (Å²) in [7, 11) is 0. The summed E-state index contributed by atoms with van der Waals surface area (Å²) in [5.74, 6) is -1.66. The lowest BCUT2D eigenvalue weighted by Gasteiger charge is -2.19. The van der Waals surface area contributed by atoms with Gasteiger partial charge in [0.1, 0.15) is 5.52 Å². The highest BCUT2D eigenvalue weighted by Crippen LogP contribution is 2.26. The van der Waals surface area contributed by atoms with Gasteiger partial charge in [-0.1, -0.05) is 0 Å². The van der Waals surface area contributed by atoms with E-state index in [2.05, 4.69) is 14.1 Å². The van der Waals surface area contributed by atoms with Crippen LogP contribution in [-0.4, -0.2) is 37.2 Å². The van der Waals surface area contributed by atoms with Crippen LogP contribution in [0.4, 0.5) is 5.69 Å². The van der Waals surface area contributed by atoms with E-state index in [9.17, 15) is 19.7 Å². The predicted molar refractivity (Wildman–Crippen MR) is 77.8 cm³/mol. The summed E-state index contributed by atoms with van der Waals surface area (Å²) >= 11 is 0.813. The molecule has 0 aliphatic rings. The molecule has 1 aromatic carbocycles. The van der Waals surface area contributed by atoms with Crippen LogP contribution < -0.4 is 5.32 Å². The number of carboxylic acid groups (broad SMARTS) is 1. The number of aliphatic carboxylic acids is 1. The molecule has 0 saturated carbocycles. The molecule has 0 aliphatic carbocycles. The summed E-state index contributed by atoms with van der Waals surface area (Å²) in [6.07, 6.45) is 0. The van der Waals surface area contributed by atoms with Gasteiger partial charge >= 0.3 is 5.97 Å². The van der Waals surface area contributed by atoms with E-state index < -0.39 is 22.2 Å². The average Bonchev–Trinajstić information content (AvgIpc) is 2.91. The normalized spacial score (nSPS) is 11.4. The second-order valence-corrected chi connectivity index (χ2v) is 5.78. The molecular weight excluding hydrogens is 312 g/mol. The molecule has 0 radical (unpaired) electrons. The van der Waals surface area contributed by atoms with Crippen molar-refractivity contribution in [3.63, 3.8) is 0 Å². The first kappa shape index (κ1) is 15.8. The van der Waals surface area contributed by atoms with Gasteiger partial charge in [0, 0.05) is 18.2 Å². The Labute approximate surface area is 128 Å². The van der Waals surface area contributed by atoms with Gasteiger partial charge in [-0.05, 0) is 19.9 Å². The molecule has 0 aliphatic heterocycles. The van der Waals surface area contributed by atoms with Crippen molar-refractivity contribution in [2.75, 3.05) is 6.54 Å². The van der Waals surface area contributed by atoms with Crippen LogP contribution >= 0.6 is 11.7 Å². The van der Waals surface area contributed by atoms with Gasteiger partial charge in [0.05, 0.1) is 22.1 Å². The highest BCUT2D eigenvalue weighted by molar-refractivity contribution is 7.00. The SMILES string of the molecule is CC(C)(CNC(=O)c1cc([N+](=O)[O-])c2nsnc2c1)C(=O)O. The van der Waals surface area contributed by atoms with E-state index in [1.807, 2.05) is 0 Å². The molecule has 0 unspecified atom stereocenters. The fourth-order valence-electron chi connectivity index (χ4n) is 1.62. The topological polar surface area (TPSA) is 135 Å². The smallest absolute Gasteiger partial charge is 0.310 e. The third kappa shape index (κ3) is 3.01.